The summed E-state index contributed by atoms with van der Waals surface area (Å²) in [5, 5.41) is 3.32. The Bertz CT molecular complexity index is 581. The minimum Gasteiger partial charge on any atom is -0.495 e. The highest BCUT2D eigenvalue weighted by molar-refractivity contribution is 5.58. The normalized spacial score (nSPS) is 10.3. The molecule has 3 heteroatoms. The second kappa shape index (κ2) is 5.74. The van der Waals surface area contributed by atoms with E-state index in [9.17, 15) is 4.39 Å². The lowest BCUT2D eigenvalue weighted by atomic mass is 10.1. The van der Waals surface area contributed by atoms with Crippen molar-refractivity contribution in [3.05, 3.63) is 58.9 Å². The number of aryl methyl sites for hydroxylation is 2. The molecule has 2 nitrogen and oxygen atoms in total. The first-order valence-corrected chi connectivity index (χ1v) is 6.23. The molecule has 0 aromatic heterocycles. The average molecular weight is 259 g/mol. The Morgan fingerprint density at radius 2 is 1.89 bits per heavy atom. The van der Waals surface area contributed by atoms with Crippen LogP contribution in [-0.4, -0.2) is 7.11 Å². The zero-order valence-corrected chi connectivity index (χ0v) is 11.5. The molecule has 0 fully saturated rings. The van der Waals surface area contributed by atoms with Crippen molar-refractivity contribution in [1.29, 1.82) is 0 Å². The van der Waals surface area contributed by atoms with E-state index in [1.165, 1.54) is 6.07 Å². The summed E-state index contributed by atoms with van der Waals surface area (Å²) in [4.78, 5) is 0. The van der Waals surface area contributed by atoms with Crippen LogP contribution in [0.3, 0.4) is 0 Å². The maximum absolute atomic E-state index is 13.0. The van der Waals surface area contributed by atoms with Crippen LogP contribution in [0.25, 0.3) is 0 Å². The maximum Gasteiger partial charge on any atom is 0.142 e. The summed E-state index contributed by atoms with van der Waals surface area (Å²) in [5.41, 5.74) is 4.11. The largest absolute Gasteiger partial charge is 0.495 e. The molecular weight excluding hydrogens is 241 g/mol. The molecule has 0 amide bonds. The summed E-state index contributed by atoms with van der Waals surface area (Å²) in [6.07, 6.45) is 0. The van der Waals surface area contributed by atoms with Gasteiger partial charge >= 0.3 is 0 Å². The van der Waals surface area contributed by atoms with Crippen molar-refractivity contribution in [2.24, 2.45) is 0 Å². The third-order valence-electron chi connectivity index (χ3n) is 3.13. The molecule has 0 atom stereocenters. The number of benzene rings is 2. The molecule has 0 saturated carbocycles. The molecule has 0 spiro atoms. The molecule has 2 aromatic rings. The van der Waals surface area contributed by atoms with Crippen LogP contribution in [0.15, 0.2) is 36.4 Å². The molecule has 19 heavy (non-hydrogen) atoms. The van der Waals surface area contributed by atoms with Gasteiger partial charge in [-0.1, -0.05) is 12.1 Å². The van der Waals surface area contributed by atoms with Gasteiger partial charge in [-0.3, -0.25) is 0 Å². The van der Waals surface area contributed by atoms with Gasteiger partial charge in [-0.15, -0.1) is 0 Å². The van der Waals surface area contributed by atoms with Gasteiger partial charge in [0, 0.05) is 6.54 Å². The summed E-state index contributed by atoms with van der Waals surface area (Å²) in [6.45, 7) is 4.58. The molecular formula is C16H18FNO. The first kappa shape index (κ1) is 13.4. The number of hydrogen-bond acceptors (Lipinski definition) is 2. The summed E-state index contributed by atoms with van der Waals surface area (Å²) in [5.74, 6) is 0.619. The van der Waals surface area contributed by atoms with E-state index < -0.39 is 0 Å². The quantitative estimate of drug-likeness (QED) is 0.894. The predicted octanol–water partition coefficient (Wildman–Crippen LogP) is 4.06. The van der Waals surface area contributed by atoms with Crippen LogP contribution < -0.4 is 10.1 Å². The van der Waals surface area contributed by atoms with E-state index in [1.54, 1.807) is 19.2 Å². The van der Waals surface area contributed by atoms with Gasteiger partial charge in [0.15, 0.2) is 0 Å². The number of halogens is 1. The molecule has 0 heterocycles. The molecule has 0 radical (unpaired) electrons. The zero-order chi connectivity index (χ0) is 13.8. The lowest BCUT2D eigenvalue weighted by molar-refractivity contribution is 0.416. The van der Waals surface area contributed by atoms with Crippen LogP contribution in [0.4, 0.5) is 10.1 Å². The van der Waals surface area contributed by atoms with Gasteiger partial charge in [0.2, 0.25) is 0 Å². The summed E-state index contributed by atoms with van der Waals surface area (Å²) in [6, 6.07) is 10.8. The van der Waals surface area contributed by atoms with Crippen LogP contribution in [0.5, 0.6) is 5.75 Å². The lowest BCUT2D eigenvalue weighted by Gasteiger charge is -2.13. The fraction of sp³-hybridized carbons (Fsp3) is 0.250. The van der Waals surface area contributed by atoms with Crippen molar-refractivity contribution in [2.45, 2.75) is 20.4 Å². The average Bonchev–Trinajstić information content (AvgIpc) is 2.39. The summed E-state index contributed by atoms with van der Waals surface area (Å²) in [7, 11) is 1.66. The van der Waals surface area contributed by atoms with E-state index in [2.05, 4.69) is 5.32 Å². The Kier molecular flexibility index (Phi) is 4.05. The highest BCUT2D eigenvalue weighted by atomic mass is 19.1. The van der Waals surface area contributed by atoms with Crippen molar-refractivity contribution in [3.8, 4) is 5.75 Å². The molecule has 0 aliphatic carbocycles. The molecule has 0 unspecified atom stereocenters. The standard InChI is InChI=1S/C16H18FNO/c1-11-4-7-15(16(8-11)19-3)18-10-13-5-6-14(17)9-12(13)2/h4-9,18H,10H2,1-3H3. The van der Waals surface area contributed by atoms with Gasteiger partial charge in [-0.05, 0) is 54.8 Å². The molecule has 0 aliphatic rings. The molecule has 0 aliphatic heterocycles. The monoisotopic (exact) mass is 259 g/mol. The van der Waals surface area contributed by atoms with Crippen LogP contribution in [0, 0.1) is 19.7 Å². The SMILES string of the molecule is COc1cc(C)ccc1NCc1ccc(F)cc1C. The van der Waals surface area contributed by atoms with Crippen molar-refractivity contribution >= 4 is 5.69 Å². The van der Waals surface area contributed by atoms with Crippen LogP contribution in [0.2, 0.25) is 0 Å². The van der Waals surface area contributed by atoms with Gasteiger partial charge in [-0.2, -0.15) is 0 Å². The van der Waals surface area contributed by atoms with Gasteiger partial charge in [0.1, 0.15) is 11.6 Å². The van der Waals surface area contributed by atoms with Crippen LogP contribution in [-0.2, 0) is 6.54 Å². The number of nitrogens with one attached hydrogen (secondary N) is 1. The first-order valence-electron chi connectivity index (χ1n) is 6.23. The predicted molar refractivity (Wildman–Crippen MR) is 76.2 cm³/mol. The van der Waals surface area contributed by atoms with E-state index in [0.29, 0.717) is 6.54 Å². The van der Waals surface area contributed by atoms with E-state index in [4.69, 9.17) is 4.74 Å². The second-order valence-corrected chi connectivity index (χ2v) is 4.63. The Hall–Kier alpha value is -2.03. The first-order chi connectivity index (χ1) is 9.10. The Balaban J connectivity index is 2.14. The summed E-state index contributed by atoms with van der Waals surface area (Å²) < 4.78 is 18.4. The summed E-state index contributed by atoms with van der Waals surface area (Å²) >= 11 is 0. The number of methoxy groups -OCH3 is 1. The highest BCUT2D eigenvalue weighted by Crippen LogP contribution is 2.26. The van der Waals surface area contributed by atoms with Crippen molar-refractivity contribution < 1.29 is 9.13 Å². The Morgan fingerprint density at radius 1 is 1.11 bits per heavy atom. The van der Waals surface area contributed by atoms with Crippen molar-refractivity contribution in [1.82, 2.24) is 0 Å². The van der Waals surface area contributed by atoms with Gasteiger partial charge < -0.3 is 10.1 Å². The van der Waals surface area contributed by atoms with Crippen molar-refractivity contribution in [2.75, 3.05) is 12.4 Å². The van der Waals surface area contributed by atoms with Crippen LogP contribution in [0.1, 0.15) is 16.7 Å². The topological polar surface area (TPSA) is 21.3 Å². The number of ether oxygens (including phenoxy) is 1. The van der Waals surface area contributed by atoms with Crippen LogP contribution >= 0.6 is 0 Å². The van der Waals surface area contributed by atoms with E-state index in [1.807, 2.05) is 32.0 Å². The number of hydrogen-bond donors (Lipinski definition) is 1. The fourth-order valence-corrected chi connectivity index (χ4v) is 1.99. The van der Waals surface area contributed by atoms with Crippen molar-refractivity contribution in [3.63, 3.8) is 0 Å². The van der Waals surface area contributed by atoms with Gasteiger partial charge in [0.25, 0.3) is 0 Å². The molecule has 2 rings (SSSR count). The zero-order valence-electron chi connectivity index (χ0n) is 11.5. The Morgan fingerprint density at radius 3 is 2.58 bits per heavy atom. The fourth-order valence-electron chi connectivity index (χ4n) is 1.99. The smallest absolute Gasteiger partial charge is 0.142 e. The molecule has 2 aromatic carbocycles. The van der Waals surface area contributed by atoms with E-state index in [0.717, 1.165) is 28.1 Å². The Labute approximate surface area is 113 Å². The van der Waals surface area contributed by atoms with Gasteiger partial charge in [-0.25, -0.2) is 4.39 Å². The van der Waals surface area contributed by atoms with Gasteiger partial charge in [0.05, 0.1) is 12.8 Å². The molecule has 1 N–H and O–H groups in total. The number of anilines is 1. The second-order valence-electron chi connectivity index (χ2n) is 4.63. The molecule has 0 saturated heterocycles. The molecule has 0 bridgehead atoms. The lowest BCUT2D eigenvalue weighted by Crippen LogP contribution is -2.03. The minimum absolute atomic E-state index is 0.200. The highest BCUT2D eigenvalue weighted by Gasteiger charge is 2.04. The van der Waals surface area contributed by atoms with E-state index >= 15 is 0 Å². The maximum atomic E-state index is 13.0. The molecule has 100 valence electrons. The minimum atomic E-state index is -0.200. The third kappa shape index (κ3) is 3.25. The third-order valence-corrected chi connectivity index (χ3v) is 3.13. The number of rotatable bonds is 4. The van der Waals surface area contributed by atoms with E-state index in [-0.39, 0.29) is 5.82 Å².